The van der Waals surface area contributed by atoms with E-state index in [2.05, 4.69) is 10.6 Å². The number of nitrogens with two attached hydrogens (primary N) is 1. The van der Waals surface area contributed by atoms with Gasteiger partial charge in [-0.25, -0.2) is 0 Å². The summed E-state index contributed by atoms with van der Waals surface area (Å²) in [5, 5.41) is 5.59. The van der Waals surface area contributed by atoms with Gasteiger partial charge in [0.25, 0.3) is 0 Å². The van der Waals surface area contributed by atoms with E-state index in [-0.39, 0.29) is 11.8 Å². The summed E-state index contributed by atoms with van der Waals surface area (Å²) in [5.41, 5.74) is 7.58. The number of hydrogen-bond acceptors (Lipinski definition) is 3. The summed E-state index contributed by atoms with van der Waals surface area (Å²) in [4.78, 5) is 24.4. The van der Waals surface area contributed by atoms with Crippen molar-refractivity contribution in [1.82, 2.24) is 10.6 Å². The molecule has 2 rings (SSSR count). The van der Waals surface area contributed by atoms with E-state index in [1.165, 1.54) is 0 Å². The van der Waals surface area contributed by atoms with Crippen molar-refractivity contribution in [2.75, 3.05) is 0 Å². The van der Waals surface area contributed by atoms with Crippen LogP contribution in [0.5, 0.6) is 0 Å². The molecule has 0 aliphatic heterocycles. The second-order valence-corrected chi connectivity index (χ2v) is 5.74. The second-order valence-electron chi connectivity index (χ2n) is 5.74. The molecule has 0 bridgehead atoms. The monoisotopic (exact) mass is 325 g/mol. The largest absolute Gasteiger partial charge is 0.350 e. The third-order valence-electron chi connectivity index (χ3n) is 3.64. The van der Waals surface area contributed by atoms with Gasteiger partial charge in [0, 0.05) is 13.0 Å². The molecule has 4 N–H and O–H groups in total. The molecule has 0 unspecified atom stereocenters. The van der Waals surface area contributed by atoms with Gasteiger partial charge in [-0.1, -0.05) is 60.7 Å². The van der Waals surface area contributed by atoms with Gasteiger partial charge in [-0.2, -0.15) is 0 Å². The molecule has 2 aromatic rings. The van der Waals surface area contributed by atoms with Gasteiger partial charge in [-0.05, 0) is 18.1 Å². The molecule has 0 saturated carbocycles. The molecule has 0 aliphatic carbocycles. The molecule has 2 atom stereocenters. The SMILES string of the molecule is C[C@@H](N)C(=O)N[C@@H](Cc1ccccc1)C(=O)NCc1ccccc1. The lowest BCUT2D eigenvalue weighted by atomic mass is 10.0. The molecule has 0 fully saturated rings. The Morgan fingerprint density at radius 3 is 2.00 bits per heavy atom. The highest BCUT2D eigenvalue weighted by Gasteiger charge is 2.22. The predicted molar refractivity (Wildman–Crippen MR) is 94.0 cm³/mol. The summed E-state index contributed by atoms with van der Waals surface area (Å²) < 4.78 is 0. The summed E-state index contributed by atoms with van der Waals surface area (Å²) in [6.07, 6.45) is 0.417. The van der Waals surface area contributed by atoms with Crippen molar-refractivity contribution in [1.29, 1.82) is 0 Å². The Bertz CT molecular complexity index is 657. The number of carbonyl (C=O) groups is 2. The van der Waals surface area contributed by atoms with Crippen LogP contribution in [0, 0.1) is 0 Å². The van der Waals surface area contributed by atoms with E-state index in [4.69, 9.17) is 5.73 Å². The maximum Gasteiger partial charge on any atom is 0.243 e. The zero-order chi connectivity index (χ0) is 17.4. The zero-order valence-corrected chi connectivity index (χ0v) is 13.7. The van der Waals surface area contributed by atoms with Crippen LogP contribution in [-0.2, 0) is 22.6 Å². The van der Waals surface area contributed by atoms with E-state index in [1.54, 1.807) is 6.92 Å². The van der Waals surface area contributed by atoms with Crippen LogP contribution >= 0.6 is 0 Å². The molecule has 126 valence electrons. The van der Waals surface area contributed by atoms with Crippen LogP contribution < -0.4 is 16.4 Å². The maximum absolute atomic E-state index is 12.5. The van der Waals surface area contributed by atoms with Crippen molar-refractivity contribution in [3.63, 3.8) is 0 Å². The molecule has 0 aliphatic rings. The first-order valence-electron chi connectivity index (χ1n) is 7.98. The standard InChI is InChI=1S/C19H23N3O2/c1-14(20)18(23)22-17(12-15-8-4-2-5-9-15)19(24)21-13-16-10-6-3-7-11-16/h2-11,14,17H,12-13,20H2,1H3,(H,21,24)(H,22,23)/t14-,17+/m1/s1. The fraction of sp³-hybridized carbons (Fsp3) is 0.263. The van der Waals surface area contributed by atoms with Crippen LogP contribution in [0.4, 0.5) is 0 Å². The molecule has 2 aromatic carbocycles. The molecule has 5 heteroatoms. The maximum atomic E-state index is 12.5. The van der Waals surface area contributed by atoms with E-state index in [1.807, 2.05) is 60.7 Å². The quantitative estimate of drug-likeness (QED) is 0.719. The average Bonchev–Trinajstić information content (AvgIpc) is 2.60. The van der Waals surface area contributed by atoms with E-state index in [0.717, 1.165) is 11.1 Å². The van der Waals surface area contributed by atoms with E-state index in [0.29, 0.717) is 13.0 Å². The van der Waals surface area contributed by atoms with Crippen molar-refractivity contribution >= 4 is 11.8 Å². The zero-order valence-electron chi connectivity index (χ0n) is 13.7. The fourth-order valence-corrected chi connectivity index (χ4v) is 2.27. The average molecular weight is 325 g/mol. The second kappa shape index (κ2) is 8.84. The fourth-order valence-electron chi connectivity index (χ4n) is 2.27. The van der Waals surface area contributed by atoms with Crippen LogP contribution in [-0.4, -0.2) is 23.9 Å². The first-order chi connectivity index (χ1) is 11.6. The van der Waals surface area contributed by atoms with E-state index < -0.39 is 12.1 Å². The number of amides is 2. The van der Waals surface area contributed by atoms with Gasteiger partial charge in [0.1, 0.15) is 6.04 Å². The summed E-state index contributed by atoms with van der Waals surface area (Å²) in [5.74, 6) is -0.567. The molecule has 2 amide bonds. The molecule has 0 heterocycles. The van der Waals surface area contributed by atoms with Crippen LogP contribution in [0.2, 0.25) is 0 Å². The van der Waals surface area contributed by atoms with Gasteiger partial charge in [0.15, 0.2) is 0 Å². The van der Waals surface area contributed by atoms with Crippen molar-refractivity contribution < 1.29 is 9.59 Å². The highest BCUT2D eigenvalue weighted by atomic mass is 16.2. The molecular formula is C19H23N3O2. The van der Waals surface area contributed by atoms with Crippen LogP contribution in [0.15, 0.2) is 60.7 Å². The Hall–Kier alpha value is -2.66. The lowest BCUT2D eigenvalue weighted by molar-refractivity contribution is -0.129. The molecule has 5 nitrogen and oxygen atoms in total. The first kappa shape index (κ1) is 17.7. The predicted octanol–water partition coefficient (Wildman–Crippen LogP) is 1.38. The normalized spacial score (nSPS) is 12.9. The Labute approximate surface area is 142 Å². The molecule has 0 aromatic heterocycles. The molecular weight excluding hydrogens is 302 g/mol. The Balaban J connectivity index is 2.03. The van der Waals surface area contributed by atoms with Crippen LogP contribution in [0.1, 0.15) is 18.1 Å². The molecule has 0 saturated heterocycles. The minimum atomic E-state index is -0.662. The highest BCUT2D eigenvalue weighted by Crippen LogP contribution is 2.05. The third-order valence-corrected chi connectivity index (χ3v) is 3.64. The molecule has 0 spiro atoms. The summed E-state index contributed by atoms with van der Waals surface area (Å²) in [6.45, 7) is 2.01. The Kier molecular flexibility index (Phi) is 6.51. The number of nitrogens with one attached hydrogen (secondary N) is 2. The lowest BCUT2D eigenvalue weighted by Gasteiger charge is -2.20. The summed E-state index contributed by atoms with van der Waals surface area (Å²) in [6, 6.07) is 17.9. The van der Waals surface area contributed by atoms with Gasteiger partial charge in [0.05, 0.1) is 6.04 Å². The lowest BCUT2D eigenvalue weighted by Crippen LogP contribution is -2.51. The Morgan fingerprint density at radius 1 is 0.917 bits per heavy atom. The van der Waals surface area contributed by atoms with Gasteiger partial charge < -0.3 is 16.4 Å². The van der Waals surface area contributed by atoms with E-state index >= 15 is 0 Å². The summed E-state index contributed by atoms with van der Waals surface area (Å²) in [7, 11) is 0. The van der Waals surface area contributed by atoms with Crippen molar-refractivity contribution in [3.05, 3.63) is 71.8 Å². The smallest absolute Gasteiger partial charge is 0.243 e. The third kappa shape index (κ3) is 5.52. The molecule has 24 heavy (non-hydrogen) atoms. The van der Waals surface area contributed by atoms with E-state index in [9.17, 15) is 9.59 Å². The Morgan fingerprint density at radius 2 is 1.46 bits per heavy atom. The van der Waals surface area contributed by atoms with Crippen LogP contribution in [0.3, 0.4) is 0 Å². The topological polar surface area (TPSA) is 84.2 Å². The minimum Gasteiger partial charge on any atom is -0.350 e. The number of rotatable bonds is 7. The van der Waals surface area contributed by atoms with Gasteiger partial charge in [-0.15, -0.1) is 0 Å². The minimum absolute atomic E-state index is 0.225. The van der Waals surface area contributed by atoms with Crippen molar-refractivity contribution in [3.8, 4) is 0 Å². The first-order valence-corrected chi connectivity index (χ1v) is 7.98. The van der Waals surface area contributed by atoms with Crippen LogP contribution in [0.25, 0.3) is 0 Å². The summed E-state index contributed by atoms with van der Waals surface area (Å²) >= 11 is 0. The van der Waals surface area contributed by atoms with Crippen molar-refractivity contribution in [2.24, 2.45) is 5.73 Å². The van der Waals surface area contributed by atoms with Gasteiger partial charge in [0.2, 0.25) is 11.8 Å². The molecule has 0 radical (unpaired) electrons. The van der Waals surface area contributed by atoms with Crippen molar-refractivity contribution in [2.45, 2.75) is 32.0 Å². The highest BCUT2D eigenvalue weighted by molar-refractivity contribution is 5.89. The van der Waals surface area contributed by atoms with Gasteiger partial charge in [-0.3, -0.25) is 9.59 Å². The van der Waals surface area contributed by atoms with Gasteiger partial charge >= 0.3 is 0 Å². The number of benzene rings is 2. The number of carbonyl (C=O) groups excluding carboxylic acids is 2. The number of hydrogen-bond donors (Lipinski definition) is 3.